The van der Waals surface area contributed by atoms with Crippen molar-refractivity contribution in [3.05, 3.63) is 64.0 Å². The number of carbonyl (C=O) groups is 1. The molecule has 0 atom stereocenters. The van der Waals surface area contributed by atoms with Crippen LogP contribution in [-0.2, 0) is 11.2 Å². The van der Waals surface area contributed by atoms with E-state index in [0.29, 0.717) is 43.9 Å². The molecule has 0 amide bonds. The van der Waals surface area contributed by atoms with E-state index >= 15 is 0 Å². The number of carboxylic acids is 1. The van der Waals surface area contributed by atoms with Gasteiger partial charge in [-0.05, 0) is 48.2 Å². The molecule has 0 unspecified atom stereocenters. The van der Waals surface area contributed by atoms with E-state index in [4.69, 9.17) is 38.4 Å². The lowest BCUT2D eigenvalue weighted by atomic mass is 9.93. The van der Waals surface area contributed by atoms with Crippen LogP contribution in [-0.4, -0.2) is 32.8 Å². The summed E-state index contributed by atoms with van der Waals surface area (Å²) in [6, 6.07) is 10.4. The zero-order valence-corrected chi connectivity index (χ0v) is 21.0. The fourth-order valence-electron chi connectivity index (χ4n) is 5.02. The van der Waals surface area contributed by atoms with Crippen molar-refractivity contribution in [3.8, 4) is 28.4 Å². The molecule has 2 aromatic carbocycles. The Hall–Kier alpha value is -3.49. The average molecular weight is 527 g/mol. The molecule has 0 aliphatic heterocycles. The summed E-state index contributed by atoms with van der Waals surface area (Å²) in [5, 5.41) is 15.1. The highest BCUT2D eigenvalue weighted by Crippen LogP contribution is 2.45. The van der Waals surface area contributed by atoms with Gasteiger partial charge in [0.15, 0.2) is 17.3 Å². The number of carboxylic acid groups (broad SMARTS) is 1. The van der Waals surface area contributed by atoms with Crippen LogP contribution in [0.3, 0.4) is 0 Å². The van der Waals surface area contributed by atoms with Gasteiger partial charge in [-0.3, -0.25) is 4.79 Å². The summed E-state index contributed by atoms with van der Waals surface area (Å²) in [7, 11) is 1.54. The van der Waals surface area contributed by atoms with Crippen molar-refractivity contribution in [2.24, 2.45) is 0 Å². The molecule has 0 radical (unpaired) electrons. The minimum Gasteiger partial charge on any atom is -0.493 e. The Morgan fingerprint density at radius 2 is 1.92 bits per heavy atom. The molecule has 1 aliphatic rings. The van der Waals surface area contributed by atoms with Crippen LogP contribution in [0, 0.1) is 0 Å². The molecule has 2 heterocycles. The van der Waals surface area contributed by atoms with Crippen LogP contribution >= 0.6 is 23.2 Å². The Kier molecular flexibility index (Phi) is 6.64. The van der Waals surface area contributed by atoms with Crippen molar-refractivity contribution in [1.82, 2.24) is 14.6 Å². The van der Waals surface area contributed by atoms with Crippen molar-refractivity contribution in [3.63, 3.8) is 0 Å². The summed E-state index contributed by atoms with van der Waals surface area (Å²) in [5.41, 5.74) is 9.94. The Bertz CT molecular complexity index is 1460. The number of nitrogens with zero attached hydrogens (tertiary/aromatic N) is 3. The van der Waals surface area contributed by atoms with Gasteiger partial charge in [0.05, 0.1) is 29.3 Å². The van der Waals surface area contributed by atoms with E-state index in [1.54, 1.807) is 34.8 Å². The fraction of sp³-hybridized carbons (Fsp3) is 0.269. The molecule has 5 rings (SSSR count). The molecule has 0 bridgehead atoms. The number of anilines is 1. The Balaban J connectivity index is 1.67. The maximum absolute atomic E-state index is 12.0. The van der Waals surface area contributed by atoms with Gasteiger partial charge < -0.3 is 20.3 Å². The first kappa shape index (κ1) is 24.2. The molecule has 1 fully saturated rings. The maximum Gasteiger partial charge on any atom is 0.307 e. The third-order valence-electron chi connectivity index (χ3n) is 6.54. The zero-order chi connectivity index (χ0) is 25.4. The Morgan fingerprint density at radius 3 is 2.61 bits per heavy atom. The van der Waals surface area contributed by atoms with Gasteiger partial charge >= 0.3 is 5.97 Å². The number of nitrogen functional groups attached to an aromatic ring is 1. The zero-order valence-electron chi connectivity index (χ0n) is 19.5. The first-order valence-electron chi connectivity index (χ1n) is 11.5. The average Bonchev–Trinajstić information content (AvgIpc) is 3.48. The van der Waals surface area contributed by atoms with E-state index in [1.807, 2.05) is 6.07 Å². The summed E-state index contributed by atoms with van der Waals surface area (Å²) in [6.45, 7) is 0. The number of fused-ring (bicyclic) bond motifs is 1. The van der Waals surface area contributed by atoms with Gasteiger partial charge in [-0.2, -0.15) is 5.10 Å². The van der Waals surface area contributed by atoms with Crippen LogP contribution in [0.25, 0.3) is 16.6 Å². The third kappa shape index (κ3) is 4.42. The summed E-state index contributed by atoms with van der Waals surface area (Å²) < 4.78 is 13.4. The van der Waals surface area contributed by atoms with E-state index in [2.05, 4.69) is 10.1 Å². The summed E-state index contributed by atoms with van der Waals surface area (Å²) in [6.07, 6.45) is 5.38. The highest BCUT2D eigenvalue weighted by Gasteiger charge is 2.31. The van der Waals surface area contributed by atoms with Gasteiger partial charge in [-0.1, -0.05) is 42.1 Å². The van der Waals surface area contributed by atoms with Crippen molar-refractivity contribution in [2.45, 2.75) is 38.0 Å². The van der Waals surface area contributed by atoms with Crippen molar-refractivity contribution in [1.29, 1.82) is 0 Å². The SMILES string of the molecule is COc1cc(-c2c(CC(=O)O)c(C3CCCC3)n3ncnc(N)c23)ccc1Oc1ccc(Cl)c(Cl)c1. The second kappa shape index (κ2) is 9.87. The molecule has 0 spiro atoms. The van der Waals surface area contributed by atoms with Crippen LogP contribution < -0.4 is 15.2 Å². The molecule has 10 heteroatoms. The molecule has 186 valence electrons. The van der Waals surface area contributed by atoms with Crippen molar-refractivity contribution in [2.75, 3.05) is 12.8 Å². The second-order valence-corrected chi connectivity index (χ2v) is 9.55. The molecular weight excluding hydrogens is 503 g/mol. The van der Waals surface area contributed by atoms with E-state index in [1.165, 1.54) is 13.4 Å². The molecule has 0 saturated heterocycles. The van der Waals surface area contributed by atoms with Gasteiger partial charge in [0, 0.05) is 17.5 Å². The number of hydrogen-bond donors (Lipinski definition) is 2. The number of halogens is 2. The molecular formula is C26H24Cl2N4O4. The number of aliphatic carboxylic acids is 1. The van der Waals surface area contributed by atoms with Crippen LogP contribution in [0.15, 0.2) is 42.7 Å². The molecule has 36 heavy (non-hydrogen) atoms. The topological polar surface area (TPSA) is 112 Å². The van der Waals surface area contributed by atoms with Crippen LogP contribution in [0.5, 0.6) is 17.2 Å². The van der Waals surface area contributed by atoms with Crippen molar-refractivity contribution >= 4 is 40.5 Å². The van der Waals surface area contributed by atoms with E-state index in [-0.39, 0.29) is 18.2 Å². The maximum atomic E-state index is 12.0. The lowest BCUT2D eigenvalue weighted by Gasteiger charge is -2.14. The highest BCUT2D eigenvalue weighted by molar-refractivity contribution is 6.42. The number of methoxy groups -OCH3 is 1. The number of ether oxygens (including phenoxy) is 2. The fourth-order valence-corrected chi connectivity index (χ4v) is 5.31. The monoisotopic (exact) mass is 526 g/mol. The smallest absolute Gasteiger partial charge is 0.307 e. The van der Waals surface area contributed by atoms with Crippen LogP contribution in [0.2, 0.25) is 10.0 Å². The molecule has 8 nitrogen and oxygen atoms in total. The minimum absolute atomic E-state index is 0.159. The largest absolute Gasteiger partial charge is 0.493 e. The van der Waals surface area contributed by atoms with E-state index in [0.717, 1.165) is 36.9 Å². The first-order valence-corrected chi connectivity index (χ1v) is 12.3. The van der Waals surface area contributed by atoms with E-state index < -0.39 is 5.97 Å². The second-order valence-electron chi connectivity index (χ2n) is 8.74. The minimum atomic E-state index is -0.926. The van der Waals surface area contributed by atoms with Gasteiger partial charge in [-0.25, -0.2) is 9.50 Å². The standard InChI is InChI=1S/C26H24Cl2N4O4/c1-35-21-10-15(6-9-20(21)36-16-7-8-18(27)19(28)11-16)23-17(12-22(33)34)24(14-4-2-3-5-14)32-25(23)26(29)30-13-31-32/h6-11,13-14H,2-5,12H2,1H3,(H,33,34)(H2,29,30,31). The summed E-state index contributed by atoms with van der Waals surface area (Å²) in [5.74, 6) is 0.974. The highest BCUT2D eigenvalue weighted by atomic mass is 35.5. The first-order chi connectivity index (χ1) is 17.4. The molecule has 1 aliphatic carbocycles. The summed E-state index contributed by atoms with van der Waals surface area (Å²) in [4.78, 5) is 16.2. The Morgan fingerprint density at radius 1 is 1.14 bits per heavy atom. The Labute approximate surface area is 217 Å². The molecule has 3 N–H and O–H groups in total. The van der Waals surface area contributed by atoms with E-state index in [9.17, 15) is 9.90 Å². The van der Waals surface area contributed by atoms with Crippen molar-refractivity contribution < 1.29 is 19.4 Å². The lowest BCUT2D eigenvalue weighted by Crippen LogP contribution is -2.08. The van der Waals surface area contributed by atoms with Gasteiger partial charge in [0.25, 0.3) is 0 Å². The predicted octanol–water partition coefficient (Wildman–Crippen LogP) is 6.37. The number of rotatable bonds is 7. The summed E-state index contributed by atoms with van der Waals surface area (Å²) >= 11 is 12.1. The predicted molar refractivity (Wildman–Crippen MR) is 138 cm³/mol. The lowest BCUT2D eigenvalue weighted by molar-refractivity contribution is -0.136. The number of hydrogen-bond acceptors (Lipinski definition) is 6. The molecule has 4 aromatic rings. The normalized spacial score (nSPS) is 13.9. The van der Waals surface area contributed by atoms with Crippen LogP contribution in [0.4, 0.5) is 5.82 Å². The number of aromatic nitrogens is 3. The van der Waals surface area contributed by atoms with Gasteiger partial charge in [0.1, 0.15) is 17.6 Å². The number of benzene rings is 2. The van der Waals surface area contributed by atoms with Gasteiger partial charge in [0.2, 0.25) is 0 Å². The number of nitrogens with two attached hydrogens (primary N) is 1. The third-order valence-corrected chi connectivity index (χ3v) is 7.27. The van der Waals surface area contributed by atoms with Crippen LogP contribution in [0.1, 0.15) is 42.9 Å². The quantitative estimate of drug-likeness (QED) is 0.287. The molecule has 2 aromatic heterocycles. The van der Waals surface area contributed by atoms with Gasteiger partial charge in [-0.15, -0.1) is 0 Å². The molecule has 1 saturated carbocycles.